The molecular formula is C14H11NO2. The van der Waals surface area contributed by atoms with E-state index in [0.29, 0.717) is 5.39 Å². The topological polar surface area (TPSA) is 49.3 Å². The molecule has 0 bridgehead atoms. The number of aromatic hydroxyl groups is 1. The second-order valence-electron chi connectivity index (χ2n) is 3.57. The Morgan fingerprint density at radius 3 is 2.82 bits per heavy atom. The van der Waals surface area contributed by atoms with E-state index in [-0.39, 0.29) is 23.8 Å². The molecule has 0 atom stereocenters. The smallest absolute Gasteiger partial charge is 0.255 e. The van der Waals surface area contributed by atoms with Crippen molar-refractivity contribution in [2.24, 2.45) is 0 Å². The summed E-state index contributed by atoms with van der Waals surface area (Å²) in [5, 5.41) is 14.1. The van der Waals surface area contributed by atoms with Gasteiger partial charge in [-0.05, 0) is 11.5 Å². The minimum Gasteiger partial charge on any atom is -0.506 e. The third-order valence-corrected chi connectivity index (χ3v) is 2.50. The van der Waals surface area contributed by atoms with Gasteiger partial charge in [0.05, 0.1) is 12.1 Å². The minimum absolute atomic E-state index is 0.0161. The van der Waals surface area contributed by atoms with Crippen molar-refractivity contribution in [2.45, 2.75) is 0 Å². The quantitative estimate of drug-likeness (QED) is 0.767. The molecule has 1 amide bonds. The number of hydrogen-bond acceptors (Lipinski definition) is 2. The maximum Gasteiger partial charge on any atom is 0.255 e. The van der Waals surface area contributed by atoms with Gasteiger partial charge in [0.1, 0.15) is 5.75 Å². The average molecular weight is 225 g/mol. The molecule has 84 valence electrons. The van der Waals surface area contributed by atoms with Crippen LogP contribution in [-0.2, 0) is 0 Å². The first-order chi connectivity index (χ1) is 8.24. The first kappa shape index (κ1) is 11.0. The minimum atomic E-state index is -0.369. The van der Waals surface area contributed by atoms with E-state index in [4.69, 9.17) is 6.42 Å². The molecule has 0 aromatic heterocycles. The standard InChI is InChI=1S/C14H11NO2/c1-2-9-15-14(17)12-8-7-10-5-3-4-6-11(10)13(12)16/h1,3-8,16H,9H2,(H,15,17). The van der Waals surface area contributed by atoms with Gasteiger partial charge in [-0.25, -0.2) is 0 Å². The van der Waals surface area contributed by atoms with Crippen LogP contribution in [0.5, 0.6) is 5.75 Å². The number of carbonyl (C=O) groups is 1. The van der Waals surface area contributed by atoms with Gasteiger partial charge in [-0.2, -0.15) is 0 Å². The highest BCUT2D eigenvalue weighted by Gasteiger charge is 2.12. The van der Waals surface area contributed by atoms with E-state index in [1.54, 1.807) is 18.2 Å². The third kappa shape index (κ3) is 2.06. The van der Waals surface area contributed by atoms with E-state index in [0.717, 1.165) is 5.39 Å². The number of nitrogens with one attached hydrogen (secondary N) is 1. The van der Waals surface area contributed by atoms with Gasteiger partial charge in [0.2, 0.25) is 0 Å². The molecule has 2 rings (SSSR count). The first-order valence-corrected chi connectivity index (χ1v) is 5.16. The summed E-state index contributed by atoms with van der Waals surface area (Å²) in [6.07, 6.45) is 5.06. The Morgan fingerprint density at radius 2 is 2.06 bits per heavy atom. The molecule has 3 nitrogen and oxygen atoms in total. The van der Waals surface area contributed by atoms with E-state index in [1.807, 2.05) is 18.2 Å². The van der Waals surface area contributed by atoms with Gasteiger partial charge < -0.3 is 10.4 Å². The zero-order valence-corrected chi connectivity index (χ0v) is 9.10. The van der Waals surface area contributed by atoms with Crippen LogP contribution in [0.2, 0.25) is 0 Å². The summed E-state index contributed by atoms with van der Waals surface area (Å²) >= 11 is 0. The molecule has 0 radical (unpaired) electrons. The van der Waals surface area contributed by atoms with Crippen LogP contribution < -0.4 is 5.32 Å². The highest BCUT2D eigenvalue weighted by atomic mass is 16.3. The van der Waals surface area contributed by atoms with Gasteiger partial charge in [-0.15, -0.1) is 6.42 Å². The first-order valence-electron chi connectivity index (χ1n) is 5.16. The van der Waals surface area contributed by atoms with Crippen LogP contribution in [0, 0.1) is 12.3 Å². The zero-order chi connectivity index (χ0) is 12.3. The van der Waals surface area contributed by atoms with Gasteiger partial charge >= 0.3 is 0 Å². The van der Waals surface area contributed by atoms with Crippen molar-refractivity contribution < 1.29 is 9.90 Å². The monoisotopic (exact) mass is 225 g/mol. The van der Waals surface area contributed by atoms with Crippen LogP contribution in [-0.4, -0.2) is 17.6 Å². The largest absolute Gasteiger partial charge is 0.506 e. The molecule has 0 spiro atoms. The number of carbonyl (C=O) groups excluding carboxylic acids is 1. The molecule has 0 aliphatic heterocycles. The summed E-state index contributed by atoms with van der Waals surface area (Å²) in [4.78, 5) is 11.7. The molecule has 0 aliphatic carbocycles. The van der Waals surface area contributed by atoms with Crippen LogP contribution in [0.25, 0.3) is 10.8 Å². The van der Waals surface area contributed by atoms with Crippen LogP contribution in [0.15, 0.2) is 36.4 Å². The molecule has 0 heterocycles. The number of hydrogen-bond donors (Lipinski definition) is 2. The lowest BCUT2D eigenvalue weighted by Gasteiger charge is -2.07. The van der Waals surface area contributed by atoms with Crippen molar-refractivity contribution in [3.05, 3.63) is 42.0 Å². The Balaban J connectivity index is 2.46. The Hall–Kier alpha value is -2.47. The van der Waals surface area contributed by atoms with Crippen LogP contribution >= 0.6 is 0 Å². The van der Waals surface area contributed by atoms with Crippen LogP contribution in [0.1, 0.15) is 10.4 Å². The molecule has 0 saturated heterocycles. The maximum absolute atomic E-state index is 11.7. The predicted octanol–water partition coefficient (Wildman–Crippen LogP) is 1.91. The van der Waals surface area contributed by atoms with E-state index >= 15 is 0 Å². The highest BCUT2D eigenvalue weighted by molar-refractivity contribution is 6.03. The van der Waals surface area contributed by atoms with E-state index in [9.17, 15) is 9.90 Å². The molecule has 2 N–H and O–H groups in total. The normalized spacial score (nSPS) is 9.82. The fourth-order valence-electron chi connectivity index (χ4n) is 1.66. The predicted molar refractivity (Wildman–Crippen MR) is 66.8 cm³/mol. The highest BCUT2D eigenvalue weighted by Crippen LogP contribution is 2.28. The van der Waals surface area contributed by atoms with Crippen molar-refractivity contribution in [3.63, 3.8) is 0 Å². The van der Waals surface area contributed by atoms with Crippen molar-refractivity contribution in [1.82, 2.24) is 5.32 Å². The van der Waals surface area contributed by atoms with E-state index in [2.05, 4.69) is 11.2 Å². The number of rotatable bonds is 2. The molecule has 0 unspecified atom stereocenters. The number of amides is 1. The fourth-order valence-corrected chi connectivity index (χ4v) is 1.66. The van der Waals surface area contributed by atoms with Gasteiger partial charge in [-0.3, -0.25) is 4.79 Å². The fraction of sp³-hybridized carbons (Fsp3) is 0.0714. The van der Waals surface area contributed by atoms with Gasteiger partial charge in [0, 0.05) is 5.39 Å². The van der Waals surface area contributed by atoms with Crippen LogP contribution in [0.4, 0.5) is 0 Å². The molecule has 2 aromatic carbocycles. The summed E-state index contributed by atoms with van der Waals surface area (Å²) < 4.78 is 0. The Kier molecular flexibility index (Phi) is 2.97. The van der Waals surface area contributed by atoms with Crippen molar-refractivity contribution in [1.29, 1.82) is 0 Å². The number of phenols is 1. The lowest BCUT2D eigenvalue weighted by atomic mass is 10.0. The third-order valence-electron chi connectivity index (χ3n) is 2.50. The number of fused-ring (bicyclic) bond motifs is 1. The number of phenolic OH excluding ortho intramolecular Hbond substituents is 1. The summed E-state index contributed by atoms with van der Waals surface area (Å²) in [7, 11) is 0. The van der Waals surface area contributed by atoms with E-state index in [1.165, 1.54) is 0 Å². The molecule has 3 heteroatoms. The zero-order valence-electron chi connectivity index (χ0n) is 9.10. The van der Waals surface area contributed by atoms with Crippen molar-refractivity contribution in [2.75, 3.05) is 6.54 Å². The Labute approximate surface area is 99.1 Å². The molecule has 0 aliphatic rings. The maximum atomic E-state index is 11.7. The lowest BCUT2D eigenvalue weighted by Crippen LogP contribution is -2.23. The Bertz CT molecular complexity index is 611. The summed E-state index contributed by atoms with van der Waals surface area (Å²) in [5.74, 6) is 1.93. The van der Waals surface area contributed by atoms with Crippen molar-refractivity contribution >= 4 is 16.7 Å². The summed E-state index contributed by atoms with van der Waals surface area (Å²) in [6.45, 7) is 0.144. The second-order valence-corrected chi connectivity index (χ2v) is 3.57. The molecule has 0 saturated carbocycles. The van der Waals surface area contributed by atoms with Crippen LogP contribution in [0.3, 0.4) is 0 Å². The Morgan fingerprint density at radius 1 is 1.29 bits per heavy atom. The summed E-state index contributed by atoms with van der Waals surface area (Å²) in [6, 6.07) is 10.7. The number of terminal acetylenes is 1. The molecule has 17 heavy (non-hydrogen) atoms. The summed E-state index contributed by atoms with van der Waals surface area (Å²) in [5.41, 5.74) is 0.235. The molecule has 2 aromatic rings. The molecule has 0 fully saturated rings. The molecular weight excluding hydrogens is 214 g/mol. The van der Waals surface area contributed by atoms with Gasteiger partial charge in [-0.1, -0.05) is 36.3 Å². The average Bonchev–Trinajstić information content (AvgIpc) is 2.37. The SMILES string of the molecule is C#CCNC(=O)c1ccc2ccccc2c1O. The lowest BCUT2D eigenvalue weighted by molar-refractivity contribution is 0.0956. The van der Waals surface area contributed by atoms with Gasteiger partial charge in [0.25, 0.3) is 5.91 Å². The van der Waals surface area contributed by atoms with Crippen molar-refractivity contribution in [3.8, 4) is 18.1 Å². The second kappa shape index (κ2) is 4.58. The number of benzene rings is 2. The van der Waals surface area contributed by atoms with Gasteiger partial charge in [0.15, 0.2) is 0 Å². The van der Waals surface area contributed by atoms with E-state index < -0.39 is 0 Å².